The van der Waals surface area contributed by atoms with Crippen LogP contribution in [-0.2, 0) is 12.4 Å². The van der Waals surface area contributed by atoms with Crippen LogP contribution in [0.15, 0.2) is 48.5 Å². The molecule has 2 rings (SSSR count). The Hall–Kier alpha value is -2.33. The summed E-state index contributed by atoms with van der Waals surface area (Å²) >= 11 is 4.96. The Balaban J connectivity index is 2.16. The number of nitrogens with one attached hydrogen (secondary N) is 2. The van der Waals surface area contributed by atoms with Crippen molar-refractivity contribution < 1.29 is 31.4 Å². The van der Waals surface area contributed by atoms with Gasteiger partial charge >= 0.3 is 12.4 Å². The fourth-order valence-corrected chi connectivity index (χ4v) is 2.72. The van der Waals surface area contributed by atoms with Gasteiger partial charge in [0.05, 0.1) is 23.3 Å². The van der Waals surface area contributed by atoms with Crippen LogP contribution in [0.5, 0.6) is 0 Å². The minimum atomic E-state index is -4.95. The molecule has 2 aromatic rings. The molecule has 0 amide bonds. The number of anilines is 1. The number of aliphatic hydroxyl groups excluding tert-OH is 1. The van der Waals surface area contributed by atoms with Crippen LogP contribution in [0.3, 0.4) is 0 Å². The van der Waals surface area contributed by atoms with Gasteiger partial charge in [-0.25, -0.2) is 0 Å². The van der Waals surface area contributed by atoms with Gasteiger partial charge in [-0.05, 0) is 42.9 Å². The number of rotatable bonds is 4. The molecule has 0 heterocycles. The molecule has 152 valence electrons. The molecule has 2 atom stereocenters. The van der Waals surface area contributed by atoms with E-state index >= 15 is 0 Å². The van der Waals surface area contributed by atoms with Gasteiger partial charge in [-0.1, -0.05) is 30.3 Å². The van der Waals surface area contributed by atoms with E-state index in [-0.39, 0.29) is 11.2 Å². The van der Waals surface area contributed by atoms with Crippen molar-refractivity contribution >= 4 is 23.0 Å². The lowest BCUT2D eigenvalue weighted by molar-refractivity contribution is -0.143. The predicted octanol–water partition coefficient (Wildman–Crippen LogP) is 5.13. The third-order valence-electron chi connectivity index (χ3n) is 3.82. The Bertz CT molecular complexity index is 791. The fraction of sp³-hybridized carbons (Fsp3) is 0.278. The zero-order valence-electron chi connectivity index (χ0n) is 14.4. The van der Waals surface area contributed by atoms with E-state index in [1.807, 2.05) is 0 Å². The topological polar surface area (TPSA) is 44.3 Å². The van der Waals surface area contributed by atoms with Gasteiger partial charge in [0, 0.05) is 5.69 Å². The van der Waals surface area contributed by atoms with Gasteiger partial charge in [-0.2, -0.15) is 26.3 Å². The molecule has 3 N–H and O–H groups in total. The molecule has 28 heavy (non-hydrogen) atoms. The quantitative estimate of drug-likeness (QED) is 0.472. The van der Waals surface area contributed by atoms with Crippen molar-refractivity contribution in [1.82, 2.24) is 5.32 Å². The van der Waals surface area contributed by atoms with Crippen LogP contribution in [0.4, 0.5) is 32.0 Å². The summed E-state index contributed by atoms with van der Waals surface area (Å²) in [5.74, 6) is 0. The molecule has 0 aliphatic heterocycles. The van der Waals surface area contributed by atoms with Crippen molar-refractivity contribution in [2.45, 2.75) is 31.4 Å². The minimum absolute atomic E-state index is 0.0312. The van der Waals surface area contributed by atoms with Crippen molar-refractivity contribution in [1.29, 1.82) is 0 Å². The Morgan fingerprint density at radius 2 is 1.43 bits per heavy atom. The molecule has 3 nitrogen and oxygen atoms in total. The second-order valence-electron chi connectivity index (χ2n) is 6.04. The number of benzene rings is 2. The largest absolute Gasteiger partial charge is 0.416 e. The summed E-state index contributed by atoms with van der Waals surface area (Å²) in [4.78, 5) is 0. The molecular weight excluding hydrogens is 406 g/mol. The van der Waals surface area contributed by atoms with E-state index < -0.39 is 41.3 Å². The normalized spacial score (nSPS) is 14.3. The second kappa shape index (κ2) is 8.36. The highest BCUT2D eigenvalue weighted by atomic mass is 32.1. The van der Waals surface area contributed by atoms with E-state index in [0.717, 1.165) is 0 Å². The summed E-state index contributed by atoms with van der Waals surface area (Å²) in [6, 6.07) is 8.95. The van der Waals surface area contributed by atoms with Gasteiger partial charge in [0.25, 0.3) is 0 Å². The van der Waals surface area contributed by atoms with Gasteiger partial charge in [-0.15, -0.1) is 0 Å². The van der Waals surface area contributed by atoms with E-state index in [0.29, 0.717) is 17.7 Å². The second-order valence-corrected chi connectivity index (χ2v) is 6.45. The lowest BCUT2D eigenvalue weighted by Crippen LogP contribution is -2.39. The molecular formula is C18H16F6N2OS. The smallest absolute Gasteiger partial charge is 0.386 e. The van der Waals surface area contributed by atoms with Crippen LogP contribution in [-0.4, -0.2) is 16.3 Å². The van der Waals surface area contributed by atoms with Crippen molar-refractivity contribution in [3.8, 4) is 0 Å². The fourth-order valence-electron chi connectivity index (χ4n) is 2.42. The highest BCUT2D eigenvalue weighted by Crippen LogP contribution is 2.37. The average Bonchev–Trinajstić information content (AvgIpc) is 2.59. The number of halogens is 6. The molecule has 0 saturated carbocycles. The molecule has 0 fully saturated rings. The Kier molecular flexibility index (Phi) is 6.56. The summed E-state index contributed by atoms with van der Waals surface area (Å²) in [7, 11) is 0. The summed E-state index contributed by atoms with van der Waals surface area (Å²) in [5.41, 5.74) is -2.81. The number of thiocarbonyl (C=S) groups is 1. The monoisotopic (exact) mass is 422 g/mol. The maximum atomic E-state index is 12.9. The average molecular weight is 422 g/mol. The lowest BCUT2D eigenvalue weighted by Gasteiger charge is -2.23. The number of hydrogen-bond donors (Lipinski definition) is 3. The van der Waals surface area contributed by atoms with Crippen LogP contribution in [0.1, 0.15) is 29.7 Å². The summed E-state index contributed by atoms with van der Waals surface area (Å²) in [6.45, 7) is 1.57. The van der Waals surface area contributed by atoms with Crippen molar-refractivity contribution in [3.63, 3.8) is 0 Å². The molecule has 0 aliphatic rings. The third-order valence-corrected chi connectivity index (χ3v) is 4.04. The molecule has 0 spiro atoms. The van der Waals surface area contributed by atoms with Gasteiger partial charge in [0.1, 0.15) is 0 Å². The highest BCUT2D eigenvalue weighted by Gasteiger charge is 2.37. The molecule has 0 saturated heterocycles. The third kappa shape index (κ3) is 5.83. The standard InChI is InChI=1S/C18H16F6N2OS/c1-10(15(27)11-5-3-2-4-6-11)25-16(28)26-14-8-12(17(19,20)21)7-13(9-14)18(22,23)24/h2-10,15,27H,1H3,(H2,25,26,28)/t10-,15-/m0/s1. The van der Waals surface area contributed by atoms with E-state index in [1.54, 1.807) is 37.3 Å². The number of hydrogen-bond acceptors (Lipinski definition) is 2. The van der Waals surface area contributed by atoms with Crippen molar-refractivity contribution in [2.24, 2.45) is 0 Å². The zero-order valence-corrected chi connectivity index (χ0v) is 15.2. The van der Waals surface area contributed by atoms with Crippen LogP contribution in [0.2, 0.25) is 0 Å². The van der Waals surface area contributed by atoms with Gasteiger partial charge < -0.3 is 15.7 Å². The van der Waals surface area contributed by atoms with Crippen LogP contribution in [0, 0.1) is 0 Å². The summed E-state index contributed by atoms with van der Waals surface area (Å²) in [5, 5.41) is 15.0. The van der Waals surface area contributed by atoms with Crippen LogP contribution in [0.25, 0.3) is 0 Å². The Labute approximate surface area is 162 Å². The molecule has 0 unspecified atom stereocenters. The van der Waals surface area contributed by atoms with Crippen molar-refractivity contribution in [3.05, 3.63) is 65.2 Å². The first-order chi connectivity index (χ1) is 12.9. The van der Waals surface area contributed by atoms with E-state index in [9.17, 15) is 31.4 Å². The summed E-state index contributed by atoms with van der Waals surface area (Å²) in [6.07, 6.45) is -10.9. The summed E-state index contributed by atoms with van der Waals surface area (Å²) < 4.78 is 77.4. The predicted molar refractivity (Wildman–Crippen MR) is 96.7 cm³/mol. The molecule has 0 aliphatic carbocycles. The van der Waals surface area contributed by atoms with E-state index in [4.69, 9.17) is 12.2 Å². The zero-order chi connectivity index (χ0) is 21.1. The minimum Gasteiger partial charge on any atom is -0.386 e. The highest BCUT2D eigenvalue weighted by molar-refractivity contribution is 7.80. The molecule has 0 aromatic heterocycles. The number of aliphatic hydroxyl groups is 1. The maximum Gasteiger partial charge on any atom is 0.416 e. The van der Waals surface area contributed by atoms with Gasteiger partial charge in [-0.3, -0.25) is 0 Å². The molecule has 2 aromatic carbocycles. The maximum absolute atomic E-state index is 12.9. The van der Waals surface area contributed by atoms with Crippen molar-refractivity contribution in [2.75, 3.05) is 5.32 Å². The first-order valence-corrected chi connectivity index (χ1v) is 8.39. The van der Waals surface area contributed by atoms with Crippen LogP contribution >= 0.6 is 12.2 Å². The lowest BCUT2D eigenvalue weighted by atomic mass is 10.0. The molecule has 0 bridgehead atoms. The number of alkyl halides is 6. The first kappa shape index (κ1) is 22.0. The van der Waals surface area contributed by atoms with Crippen LogP contribution < -0.4 is 10.6 Å². The van der Waals surface area contributed by atoms with Gasteiger partial charge in [0.15, 0.2) is 5.11 Å². The first-order valence-electron chi connectivity index (χ1n) is 7.98. The van der Waals surface area contributed by atoms with Gasteiger partial charge in [0.2, 0.25) is 0 Å². The Morgan fingerprint density at radius 3 is 1.89 bits per heavy atom. The molecule has 0 radical (unpaired) electrons. The molecule has 10 heteroatoms. The van der Waals surface area contributed by atoms with E-state index in [2.05, 4.69) is 10.6 Å². The SMILES string of the molecule is C[C@H](NC(=S)Nc1cc(C(F)(F)F)cc(C(F)(F)F)c1)[C@H](O)c1ccccc1. The Morgan fingerprint density at radius 1 is 0.929 bits per heavy atom. The van der Waals surface area contributed by atoms with E-state index in [1.165, 1.54) is 0 Å².